The molecule has 186 valence electrons. The van der Waals surface area contributed by atoms with E-state index in [1.807, 2.05) is 13.0 Å². The number of nitrogens with zero attached hydrogens (tertiary/aromatic N) is 3. The number of halogens is 1. The largest absolute Gasteiger partial charge is 0.464 e. The second-order valence-corrected chi connectivity index (χ2v) is 10.6. The van der Waals surface area contributed by atoms with Gasteiger partial charge in [-0.2, -0.15) is 4.98 Å². The highest BCUT2D eigenvalue weighted by Crippen LogP contribution is 2.29. The molecular formula is C27H34ClN5O2. The maximum absolute atomic E-state index is 12.9. The predicted molar refractivity (Wildman–Crippen MR) is 142 cm³/mol. The number of benzene rings is 1. The lowest BCUT2D eigenvalue weighted by Gasteiger charge is -2.30. The van der Waals surface area contributed by atoms with Crippen molar-refractivity contribution in [3.63, 3.8) is 0 Å². The molecule has 2 aliphatic rings. The monoisotopic (exact) mass is 495 g/mol. The summed E-state index contributed by atoms with van der Waals surface area (Å²) in [6.45, 7) is 2.40. The molecule has 0 bridgehead atoms. The molecule has 2 heterocycles. The number of aryl methyl sites for hydroxylation is 2. The normalized spacial score (nSPS) is 20.0. The van der Waals surface area contributed by atoms with Crippen LogP contribution in [0.1, 0.15) is 60.9 Å². The highest BCUT2D eigenvalue weighted by Gasteiger charge is 2.24. The van der Waals surface area contributed by atoms with E-state index < -0.39 is 0 Å². The number of hydrogen-bond donors (Lipinski definition) is 2. The second kappa shape index (κ2) is 10.2. The number of aromatic nitrogens is 2. The summed E-state index contributed by atoms with van der Waals surface area (Å²) in [6, 6.07) is 4.26. The third-order valence-electron chi connectivity index (χ3n) is 7.35. The van der Waals surface area contributed by atoms with Crippen LogP contribution >= 0.6 is 11.6 Å². The maximum atomic E-state index is 12.9. The molecule has 5 rings (SSSR count). The number of rotatable bonds is 6. The molecule has 8 heteroatoms. The lowest BCUT2D eigenvalue weighted by molar-refractivity contribution is 0.351. The topological polar surface area (TPSA) is 83.3 Å². The molecular weight excluding hydrogens is 462 g/mol. The van der Waals surface area contributed by atoms with Gasteiger partial charge in [0, 0.05) is 48.9 Å². The summed E-state index contributed by atoms with van der Waals surface area (Å²) in [5, 5.41) is 8.29. The van der Waals surface area contributed by atoms with Crippen molar-refractivity contribution in [2.45, 2.75) is 76.9 Å². The minimum Gasteiger partial charge on any atom is -0.464 e. The minimum absolute atomic E-state index is 0.0164. The molecule has 1 saturated carbocycles. The Labute approximate surface area is 211 Å². The predicted octanol–water partition coefficient (Wildman–Crippen LogP) is 5.00. The van der Waals surface area contributed by atoms with E-state index >= 15 is 0 Å². The van der Waals surface area contributed by atoms with Gasteiger partial charge in [-0.25, -0.2) is 4.98 Å². The summed E-state index contributed by atoms with van der Waals surface area (Å²) in [4.78, 5) is 24.7. The van der Waals surface area contributed by atoms with Crippen molar-refractivity contribution >= 4 is 34.3 Å². The SMILES string of the molecule is Cc1cc2occ(CNC3CCC(Nc4nc5c(c(N(C)C)n4)CCCC5)CC3)c(=O)c2cc1Cl. The molecule has 2 N–H and O–H groups in total. The summed E-state index contributed by atoms with van der Waals surface area (Å²) < 4.78 is 5.72. The van der Waals surface area contributed by atoms with Crippen LogP contribution < -0.4 is 21.0 Å². The molecule has 1 aromatic carbocycles. The van der Waals surface area contributed by atoms with Gasteiger partial charge in [0.2, 0.25) is 5.95 Å². The van der Waals surface area contributed by atoms with Crippen molar-refractivity contribution in [3.05, 3.63) is 56.0 Å². The summed E-state index contributed by atoms with van der Waals surface area (Å²) in [7, 11) is 4.12. The van der Waals surface area contributed by atoms with E-state index in [1.54, 1.807) is 12.3 Å². The van der Waals surface area contributed by atoms with E-state index in [-0.39, 0.29) is 5.43 Å². The standard InChI is InChI=1S/C27H34ClN5O2/c1-16-12-24-21(13-22(16)28)25(34)17(15-35-24)14-29-18-8-10-19(11-9-18)30-27-31-23-7-5-4-6-20(23)26(32-27)33(2)3/h12-13,15,18-19,29H,4-11,14H2,1-3H3,(H,30,31,32). The zero-order valence-electron chi connectivity index (χ0n) is 20.8. The molecule has 0 atom stereocenters. The van der Waals surface area contributed by atoms with E-state index in [2.05, 4.69) is 29.6 Å². The molecule has 0 aliphatic heterocycles. The second-order valence-electron chi connectivity index (χ2n) is 10.2. The lowest BCUT2D eigenvalue weighted by Crippen LogP contribution is -2.37. The van der Waals surface area contributed by atoms with Crippen molar-refractivity contribution in [3.8, 4) is 0 Å². The Bertz CT molecular complexity index is 1280. The van der Waals surface area contributed by atoms with Crippen LogP contribution in [0.25, 0.3) is 11.0 Å². The molecule has 0 unspecified atom stereocenters. The third kappa shape index (κ3) is 5.16. The van der Waals surface area contributed by atoms with Gasteiger partial charge in [0.15, 0.2) is 5.43 Å². The van der Waals surface area contributed by atoms with Gasteiger partial charge < -0.3 is 20.0 Å². The minimum atomic E-state index is -0.0164. The molecule has 1 fully saturated rings. The fourth-order valence-corrected chi connectivity index (χ4v) is 5.46. The molecule has 0 amide bonds. The van der Waals surface area contributed by atoms with Gasteiger partial charge in [-0.15, -0.1) is 0 Å². The summed E-state index contributed by atoms with van der Waals surface area (Å²) in [5.41, 5.74) is 4.62. The Balaban J connectivity index is 1.19. The van der Waals surface area contributed by atoms with Crippen LogP contribution in [0.15, 0.2) is 27.6 Å². The molecule has 0 spiro atoms. The highest BCUT2D eigenvalue weighted by atomic mass is 35.5. The van der Waals surface area contributed by atoms with Gasteiger partial charge in [0.1, 0.15) is 11.4 Å². The van der Waals surface area contributed by atoms with Gasteiger partial charge in [0.25, 0.3) is 0 Å². The number of hydrogen-bond acceptors (Lipinski definition) is 7. The van der Waals surface area contributed by atoms with E-state index in [0.717, 1.165) is 55.9 Å². The Morgan fingerprint density at radius 2 is 1.83 bits per heavy atom. The fraction of sp³-hybridized carbons (Fsp3) is 0.519. The Hall–Kier alpha value is -2.64. The number of fused-ring (bicyclic) bond motifs is 2. The highest BCUT2D eigenvalue weighted by molar-refractivity contribution is 6.32. The first-order chi connectivity index (χ1) is 16.9. The Morgan fingerprint density at radius 3 is 2.60 bits per heavy atom. The van der Waals surface area contributed by atoms with E-state index in [9.17, 15) is 4.79 Å². The van der Waals surface area contributed by atoms with Gasteiger partial charge in [0.05, 0.1) is 17.3 Å². The van der Waals surface area contributed by atoms with Crippen LogP contribution in [0.5, 0.6) is 0 Å². The first-order valence-corrected chi connectivity index (χ1v) is 13.0. The van der Waals surface area contributed by atoms with Gasteiger partial charge in [-0.05, 0) is 76.0 Å². The average molecular weight is 496 g/mol. The smallest absolute Gasteiger partial charge is 0.225 e. The van der Waals surface area contributed by atoms with Crippen LogP contribution in [-0.2, 0) is 19.4 Å². The summed E-state index contributed by atoms with van der Waals surface area (Å²) in [5.74, 6) is 1.81. The van der Waals surface area contributed by atoms with E-state index in [4.69, 9.17) is 26.0 Å². The van der Waals surface area contributed by atoms with Gasteiger partial charge in [-0.3, -0.25) is 4.79 Å². The molecule has 0 saturated heterocycles. The van der Waals surface area contributed by atoms with Crippen LogP contribution in [0, 0.1) is 6.92 Å². The van der Waals surface area contributed by atoms with Gasteiger partial charge in [-0.1, -0.05) is 11.6 Å². The quantitative estimate of drug-likeness (QED) is 0.497. The Kier molecular flexibility index (Phi) is 6.98. The molecule has 2 aliphatic carbocycles. The van der Waals surface area contributed by atoms with Crippen LogP contribution in [0.3, 0.4) is 0 Å². The van der Waals surface area contributed by atoms with Crippen LogP contribution in [-0.4, -0.2) is 36.1 Å². The molecule has 2 aromatic heterocycles. The molecule has 7 nitrogen and oxygen atoms in total. The van der Waals surface area contributed by atoms with Crippen molar-refractivity contribution in [2.75, 3.05) is 24.3 Å². The summed E-state index contributed by atoms with van der Waals surface area (Å²) in [6.07, 6.45) is 10.3. The zero-order chi connectivity index (χ0) is 24.5. The molecule has 35 heavy (non-hydrogen) atoms. The maximum Gasteiger partial charge on any atom is 0.225 e. The average Bonchev–Trinajstić information content (AvgIpc) is 2.85. The van der Waals surface area contributed by atoms with Gasteiger partial charge >= 0.3 is 0 Å². The van der Waals surface area contributed by atoms with Crippen molar-refractivity contribution in [1.29, 1.82) is 0 Å². The van der Waals surface area contributed by atoms with Crippen molar-refractivity contribution in [2.24, 2.45) is 0 Å². The number of nitrogens with one attached hydrogen (secondary N) is 2. The van der Waals surface area contributed by atoms with Crippen molar-refractivity contribution < 1.29 is 4.42 Å². The Morgan fingerprint density at radius 1 is 1.09 bits per heavy atom. The third-order valence-corrected chi connectivity index (χ3v) is 7.76. The summed E-state index contributed by atoms with van der Waals surface area (Å²) >= 11 is 6.23. The van der Waals surface area contributed by atoms with Crippen molar-refractivity contribution in [1.82, 2.24) is 15.3 Å². The fourth-order valence-electron chi connectivity index (χ4n) is 5.30. The molecule has 3 aromatic rings. The van der Waals surface area contributed by atoms with Crippen LogP contribution in [0.2, 0.25) is 5.02 Å². The first-order valence-electron chi connectivity index (χ1n) is 12.7. The van der Waals surface area contributed by atoms with E-state index in [1.165, 1.54) is 24.1 Å². The number of anilines is 2. The zero-order valence-corrected chi connectivity index (χ0v) is 21.5. The van der Waals surface area contributed by atoms with E-state index in [0.29, 0.717) is 40.2 Å². The molecule has 0 radical (unpaired) electrons. The lowest BCUT2D eigenvalue weighted by atomic mass is 9.91. The first kappa shape index (κ1) is 24.1. The van der Waals surface area contributed by atoms with Crippen LogP contribution in [0.4, 0.5) is 11.8 Å².